The Labute approximate surface area is 127 Å². The van der Waals surface area contributed by atoms with Crippen LogP contribution in [-0.4, -0.2) is 6.03 Å². The molecule has 2 rings (SSSR count). The highest BCUT2D eigenvalue weighted by Crippen LogP contribution is 2.32. The lowest BCUT2D eigenvalue weighted by atomic mass is 10.2. The largest absolute Gasteiger partial charge is 0.416 e. The summed E-state index contributed by atoms with van der Waals surface area (Å²) in [6.07, 6.45) is -4.64. The quantitative estimate of drug-likeness (QED) is 0.734. The van der Waals surface area contributed by atoms with Gasteiger partial charge in [0.15, 0.2) is 0 Å². The molecule has 0 saturated heterocycles. The van der Waals surface area contributed by atoms with Crippen molar-refractivity contribution < 1.29 is 22.4 Å². The van der Waals surface area contributed by atoms with Crippen LogP contribution in [-0.2, 0) is 6.18 Å². The maximum absolute atomic E-state index is 13.5. The van der Waals surface area contributed by atoms with Crippen LogP contribution in [0.25, 0.3) is 0 Å². The van der Waals surface area contributed by atoms with Gasteiger partial charge in [0.1, 0.15) is 5.82 Å². The van der Waals surface area contributed by atoms with Crippen LogP contribution in [0.5, 0.6) is 0 Å². The van der Waals surface area contributed by atoms with Crippen molar-refractivity contribution in [1.29, 1.82) is 0 Å². The van der Waals surface area contributed by atoms with Crippen molar-refractivity contribution in [3.63, 3.8) is 0 Å². The van der Waals surface area contributed by atoms with Gasteiger partial charge in [0.25, 0.3) is 0 Å². The van der Waals surface area contributed by atoms with E-state index in [1.807, 2.05) is 5.32 Å². The minimum absolute atomic E-state index is 0.238. The molecule has 0 saturated carbocycles. The SMILES string of the molecule is O=C(Nc1cc(C(F)(F)F)ccc1F)Nc1ccccc1Cl. The Hall–Kier alpha value is -2.28. The molecule has 22 heavy (non-hydrogen) atoms. The second-order valence-corrected chi connectivity index (χ2v) is 4.66. The van der Waals surface area contributed by atoms with Gasteiger partial charge in [0.05, 0.1) is 22.0 Å². The number of rotatable bonds is 2. The fourth-order valence-electron chi connectivity index (χ4n) is 1.64. The van der Waals surface area contributed by atoms with Crippen molar-refractivity contribution in [2.45, 2.75) is 6.18 Å². The Kier molecular flexibility index (Phi) is 4.56. The van der Waals surface area contributed by atoms with Crippen molar-refractivity contribution in [1.82, 2.24) is 0 Å². The van der Waals surface area contributed by atoms with Crippen LogP contribution in [0.1, 0.15) is 5.56 Å². The molecule has 0 bridgehead atoms. The van der Waals surface area contributed by atoms with Crippen LogP contribution in [0, 0.1) is 5.82 Å². The van der Waals surface area contributed by atoms with E-state index >= 15 is 0 Å². The molecule has 2 aromatic rings. The average Bonchev–Trinajstić information content (AvgIpc) is 2.42. The summed E-state index contributed by atoms with van der Waals surface area (Å²) in [5.41, 5.74) is -1.41. The van der Waals surface area contributed by atoms with E-state index in [0.717, 1.165) is 0 Å². The molecule has 0 aromatic heterocycles. The van der Waals surface area contributed by atoms with Gasteiger partial charge in [-0.3, -0.25) is 0 Å². The van der Waals surface area contributed by atoms with E-state index in [9.17, 15) is 22.4 Å². The molecule has 0 spiro atoms. The number of benzene rings is 2. The monoisotopic (exact) mass is 332 g/mol. The molecule has 0 fully saturated rings. The molecule has 116 valence electrons. The predicted octanol–water partition coefficient (Wildman–Crippen LogP) is 5.14. The van der Waals surface area contributed by atoms with Gasteiger partial charge in [0.2, 0.25) is 0 Å². The standard InChI is InChI=1S/C14H9ClF4N2O/c15-9-3-1-2-4-11(9)20-13(22)21-12-7-8(14(17,18)19)5-6-10(12)16/h1-7H,(H2,20,21,22). The molecule has 2 amide bonds. The summed E-state index contributed by atoms with van der Waals surface area (Å²) in [5.74, 6) is -0.984. The van der Waals surface area contributed by atoms with Crippen molar-refractivity contribution in [3.05, 3.63) is 58.9 Å². The summed E-state index contributed by atoms with van der Waals surface area (Å²) >= 11 is 5.82. The van der Waals surface area contributed by atoms with Crippen LogP contribution >= 0.6 is 11.6 Å². The fraction of sp³-hybridized carbons (Fsp3) is 0.0714. The number of hydrogen-bond acceptors (Lipinski definition) is 1. The smallest absolute Gasteiger partial charge is 0.306 e. The zero-order valence-electron chi connectivity index (χ0n) is 10.8. The minimum Gasteiger partial charge on any atom is -0.306 e. The third-order valence-corrected chi connectivity index (χ3v) is 2.99. The molecular formula is C14H9ClF4N2O. The van der Waals surface area contributed by atoms with Gasteiger partial charge >= 0.3 is 12.2 Å². The highest BCUT2D eigenvalue weighted by molar-refractivity contribution is 6.33. The Morgan fingerprint density at radius 2 is 1.64 bits per heavy atom. The molecular weight excluding hydrogens is 324 g/mol. The predicted molar refractivity (Wildman–Crippen MR) is 75.5 cm³/mol. The Morgan fingerprint density at radius 1 is 1.00 bits per heavy atom. The number of nitrogens with one attached hydrogen (secondary N) is 2. The molecule has 0 atom stereocenters. The van der Waals surface area contributed by atoms with E-state index in [1.165, 1.54) is 12.1 Å². The van der Waals surface area contributed by atoms with Gasteiger partial charge in [0, 0.05) is 0 Å². The number of carbonyl (C=O) groups is 1. The van der Waals surface area contributed by atoms with E-state index in [2.05, 4.69) is 5.32 Å². The van der Waals surface area contributed by atoms with E-state index in [0.29, 0.717) is 18.2 Å². The van der Waals surface area contributed by atoms with Gasteiger partial charge < -0.3 is 10.6 Å². The summed E-state index contributed by atoms with van der Waals surface area (Å²) in [6, 6.07) is 7.07. The lowest BCUT2D eigenvalue weighted by molar-refractivity contribution is -0.137. The number of alkyl halides is 3. The molecule has 3 nitrogen and oxygen atoms in total. The van der Waals surface area contributed by atoms with Crippen molar-refractivity contribution in [2.75, 3.05) is 10.6 Å². The number of anilines is 2. The zero-order valence-corrected chi connectivity index (χ0v) is 11.6. The molecule has 0 aliphatic carbocycles. The number of amides is 2. The minimum atomic E-state index is -4.64. The summed E-state index contributed by atoms with van der Waals surface area (Å²) in [7, 11) is 0. The number of hydrogen-bond donors (Lipinski definition) is 2. The lowest BCUT2D eigenvalue weighted by Crippen LogP contribution is -2.20. The second kappa shape index (κ2) is 6.23. The van der Waals surface area contributed by atoms with E-state index in [-0.39, 0.29) is 10.7 Å². The van der Waals surface area contributed by atoms with Crippen LogP contribution in [0.3, 0.4) is 0 Å². The normalized spacial score (nSPS) is 11.1. The first-order chi connectivity index (χ1) is 10.3. The van der Waals surface area contributed by atoms with Crippen molar-refractivity contribution in [3.8, 4) is 0 Å². The van der Waals surface area contributed by atoms with Crippen LogP contribution in [0.4, 0.5) is 33.7 Å². The number of urea groups is 1. The molecule has 2 N–H and O–H groups in total. The molecule has 0 aliphatic heterocycles. The Balaban J connectivity index is 2.17. The second-order valence-electron chi connectivity index (χ2n) is 4.25. The first kappa shape index (κ1) is 16.1. The Morgan fingerprint density at radius 3 is 2.27 bits per heavy atom. The first-order valence-electron chi connectivity index (χ1n) is 5.96. The van der Waals surface area contributed by atoms with E-state index in [1.54, 1.807) is 12.1 Å². The van der Waals surface area contributed by atoms with Gasteiger partial charge in [-0.25, -0.2) is 9.18 Å². The third-order valence-electron chi connectivity index (χ3n) is 2.66. The number of halogens is 5. The topological polar surface area (TPSA) is 41.1 Å². The van der Waals surface area contributed by atoms with Gasteiger partial charge in [-0.1, -0.05) is 23.7 Å². The maximum Gasteiger partial charge on any atom is 0.416 e. The highest BCUT2D eigenvalue weighted by Gasteiger charge is 2.31. The van der Waals surface area contributed by atoms with Crippen LogP contribution < -0.4 is 10.6 Å². The molecule has 0 unspecified atom stereocenters. The fourth-order valence-corrected chi connectivity index (χ4v) is 1.82. The third kappa shape index (κ3) is 3.88. The molecule has 0 heterocycles. The summed E-state index contributed by atoms with van der Waals surface area (Å²) < 4.78 is 51.2. The molecule has 0 radical (unpaired) electrons. The summed E-state index contributed by atoms with van der Waals surface area (Å²) in [4.78, 5) is 11.7. The van der Waals surface area contributed by atoms with Gasteiger partial charge in [-0.05, 0) is 30.3 Å². The molecule has 0 aliphatic rings. The number of para-hydroxylation sites is 1. The zero-order chi connectivity index (χ0) is 16.3. The summed E-state index contributed by atoms with van der Waals surface area (Å²) in [5, 5.41) is 4.57. The maximum atomic E-state index is 13.5. The Bertz CT molecular complexity index is 703. The van der Waals surface area contributed by atoms with Crippen molar-refractivity contribution in [2.24, 2.45) is 0 Å². The van der Waals surface area contributed by atoms with Gasteiger partial charge in [-0.2, -0.15) is 13.2 Å². The first-order valence-corrected chi connectivity index (χ1v) is 6.34. The molecule has 2 aromatic carbocycles. The van der Waals surface area contributed by atoms with Gasteiger partial charge in [-0.15, -0.1) is 0 Å². The lowest BCUT2D eigenvalue weighted by Gasteiger charge is -2.12. The number of carbonyl (C=O) groups excluding carboxylic acids is 1. The average molecular weight is 333 g/mol. The van der Waals surface area contributed by atoms with Crippen LogP contribution in [0.15, 0.2) is 42.5 Å². The summed E-state index contributed by atoms with van der Waals surface area (Å²) in [6.45, 7) is 0. The van der Waals surface area contributed by atoms with Crippen LogP contribution in [0.2, 0.25) is 5.02 Å². The van der Waals surface area contributed by atoms with E-state index < -0.39 is 29.3 Å². The van der Waals surface area contributed by atoms with E-state index in [4.69, 9.17) is 11.6 Å². The molecule has 8 heteroatoms. The van der Waals surface area contributed by atoms with Crippen molar-refractivity contribution >= 4 is 29.0 Å². The highest BCUT2D eigenvalue weighted by atomic mass is 35.5.